The molecular weight excluding hydrogens is 427 g/mol. The van der Waals surface area contributed by atoms with Crippen LogP contribution in [0.25, 0.3) is 0 Å². The monoisotopic (exact) mass is 450 g/mol. The first-order valence-corrected chi connectivity index (χ1v) is 11.4. The molecule has 2 N–H and O–H groups in total. The molecular formula is C22H24Cl2N2O2S. The number of benzene rings is 2. The molecule has 1 saturated carbocycles. The standard InChI is InChI=1S/C22H24Cl2N2O2S/c1-14(21(27)26-19-12-6-11-18(23)20(19)24)29-17-10-5-9-16(13-17)25-22(28)15-7-3-2-4-8-15/h5-6,9-15H,2-4,7-8H2,1H3,(H,25,28)(H,26,27). The molecule has 7 heteroatoms. The van der Waals surface area contributed by atoms with Crippen molar-refractivity contribution in [3.05, 3.63) is 52.5 Å². The molecule has 1 aliphatic carbocycles. The van der Waals surface area contributed by atoms with Gasteiger partial charge in [0, 0.05) is 16.5 Å². The van der Waals surface area contributed by atoms with E-state index in [0.29, 0.717) is 15.7 Å². The van der Waals surface area contributed by atoms with Gasteiger partial charge in [-0.05, 0) is 50.1 Å². The van der Waals surface area contributed by atoms with Crippen molar-refractivity contribution >= 4 is 58.2 Å². The Morgan fingerprint density at radius 3 is 2.52 bits per heavy atom. The fraction of sp³-hybridized carbons (Fsp3) is 0.364. The van der Waals surface area contributed by atoms with Crippen molar-refractivity contribution in [2.24, 2.45) is 5.92 Å². The third-order valence-corrected chi connectivity index (χ3v) is 6.88. The zero-order valence-electron chi connectivity index (χ0n) is 16.2. The number of halogens is 2. The summed E-state index contributed by atoms with van der Waals surface area (Å²) in [4.78, 5) is 25.9. The summed E-state index contributed by atoms with van der Waals surface area (Å²) in [5.74, 6) is 0.0243. The molecule has 0 radical (unpaired) electrons. The summed E-state index contributed by atoms with van der Waals surface area (Å²) in [6, 6.07) is 12.7. The highest BCUT2D eigenvalue weighted by molar-refractivity contribution is 8.00. The third-order valence-electron chi connectivity index (χ3n) is 4.97. The van der Waals surface area contributed by atoms with E-state index in [-0.39, 0.29) is 23.0 Å². The second-order valence-corrected chi connectivity index (χ2v) is 9.40. The molecule has 2 amide bonds. The molecule has 0 spiro atoms. The Balaban J connectivity index is 1.59. The van der Waals surface area contributed by atoms with Crippen LogP contribution in [0.5, 0.6) is 0 Å². The SMILES string of the molecule is CC(Sc1cccc(NC(=O)C2CCCCC2)c1)C(=O)Nc1cccc(Cl)c1Cl. The van der Waals surface area contributed by atoms with Crippen LogP contribution < -0.4 is 10.6 Å². The van der Waals surface area contributed by atoms with E-state index in [9.17, 15) is 9.59 Å². The van der Waals surface area contributed by atoms with Crippen LogP contribution in [0.15, 0.2) is 47.4 Å². The van der Waals surface area contributed by atoms with Crippen molar-refractivity contribution in [3.63, 3.8) is 0 Å². The topological polar surface area (TPSA) is 58.2 Å². The highest BCUT2D eigenvalue weighted by Gasteiger charge is 2.21. The predicted molar refractivity (Wildman–Crippen MR) is 122 cm³/mol. The van der Waals surface area contributed by atoms with E-state index in [1.54, 1.807) is 18.2 Å². The summed E-state index contributed by atoms with van der Waals surface area (Å²) < 4.78 is 0. The molecule has 29 heavy (non-hydrogen) atoms. The molecule has 1 atom stereocenters. The summed E-state index contributed by atoms with van der Waals surface area (Å²) >= 11 is 13.6. The highest BCUT2D eigenvalue weighted by Crippen LogP contribution is 2.32. The lowest BCUT2D eigenvalue weighted by molar-refractivity contribution is -0.120. The van der Waals surface area contributed by atoms with Gasteiger partial charge in [0.05, 0.1) is 21.0 Å². The Bertz CT molecular complexity index is 885. The normalized spacial score (nSPS) is 15.6. The summed E-state index contributed by atoms with van der Waals surface area (Å²) in [5, 5.41) is 6.21. The van der Waals surface area contributed by atoms with Crippen LogP contribution in [-0.4, -0.2) is 17.1 Å². The molecule has 154 valence electrons. The number of thioether (sulfide) groups is 1. The smallest absolute Gasteiger partial charge is 0.237 e. The second kappa shape index (κ2) is 10.4. The Morgan fingerprint density at radius 1 is 1.03 bits per heavy atom. The number of carbonyl (C=O) groups excluding carboxylic acids is 2. The van der Waals surface area contributed by atoms with Gasteiger partial charge in [0.25, 0.3) is 0 Å². The number of amides is 2. The molecule has 0 aliphatic heterocycles. The fourth-order valence-electron chi connectivity index (χ4n) is 3.35. The largest absolute Gasteiger partial charge is 0.326 e. The van der Waals surface area contributed by atoms with Crippen LogP contribution in [-0.2, 0) is 9.59 Å². The van der Waals surface area contributed by atoms with Gasteiger partial charge >= 0.3 is 0 Å². The van der Waals surface area contributed by atoms with Crippen molar-refractivity contribution in [3.8, 4) is 0 Å². The second-order valence-electron chi connectivity index (χ2n) is 7.20. The van der Waals surface area contributed by atoms with E-state index in [0.717, 1.165) is 36.3 Å². The molecule has 1 aliphatic rings. The first kappa shape index (κ1) is 22.0. The minimum atomic E-state index is -0.352. The lowest BCUT2D eigenvalue weighted by Gasteiger charge is -2.21. The maximum atomic E-state index is 12.5. The van der Waals surface area contributed by atoms with Gasteiger partial charge in [-0.1, -0.05) is 54.6 Å². The van der Waals surface area contributed by atoms with Crippen LogP contribution >= 0.6 is 35.0 Å². The van der Waals surface area contributed by atoms with Gasteiger partial charge in [-0.15, -0.1) is 11.8 Å². The van der Waals surface area contributed by atoms with E-state index in [1.165, 1.54) is 18.2 Å². The molecule has 2 aromatic rings. The molecule has 3 rings (SSSR count). The van der Waals surface area contributed by atoms with Gasteiger partial charge in [0.2, 0.25) is 11.8 Å². The zero-order valence-corrected chi connectivity index (χ0v) is 18.5. The Labute approximate surface area is 185 Å². The van der Waals surface area contributed by atoms with Gasteiger partial charge in [0.15, 0.2) is 0 Å². The number of rotatable bonds is 6. The molecule has 0 saturated heterocycles. The molecule has 0 bridgehead atoms. The quantitative estimate of drug-likeness (QED) is 0.485. The van der Waals surface area contributed by atoms with Crippen LogP contribution in [0.2, 0.25) is 10.0 Å². The first-order chi connectivity index (χ1) is 13.9. The van der Waals surface area contributed by atoms with Crippen LogP contribution in [0, 0.1) is 5.92 Å². The summed E-state index contributed by atoms with van der Waals surface area (Å²) in [7, 11) is 0. The van der Waals surface area contributed by atoms with Gasteiger partial charge in [-0.25, -0.2) is 0 Å². The minimum absolute atomic E-state index is 0.0910. The first-order valence-electron chi connectivity index (χ1n) is 9.76. The molecule has 1 fully saturated rings. The molecule has 0 heterocycles. The average molecular weight is 451 g/mol. The van der Waals surface area contributed by atoms with Gasteiger partial charge in [0.1, 0.15) is 0 Å². The van der Waals surface area contributed by atoms with Crippen molar-refractivity contribution in [2.75, 3.05) is 10.6 Å². The lowest BCUT2D eigenvalue weighted by Crippen LogP contribution is -2.24. The van der Waals surface area contributed by atoms with Crippen LogP contribution in [0.4, 0.5) is 11.4 Å². The van der Waals surface area contributed by atoms with Crippen molar-refractivity contribution in [1.82, 2.24) is 0 Å². The zero-order chi connectivity index (χ0) is 20.8. The maximum absolute atomic E-state index is 12.5. The van der Waals surface area contributed by atoms with E-state index < -0.39 is 0 Å². The number of anilines is 2. The fourth-order valence-corrected chi connectivity index (χ4v) is 4.62. The van der Waals surface area contributed by atoms with Crippen molar-refractivity contribution in [2.45, 2.75) is 49.2 Å². The van der Waals surface area contributed by atoms with Crippen molar-refractivity contribution in [1.29, 1.82) is 0 Å². The van der Waals surface area contributed by atoms with Crippen LogP contribution in [0.3, 0.4) is 0 Å². The highest BCUT2D eigenvalue weighted by atomic mass is 35.5. The van der Waals surface area contributed by atoms with Crippen molar-refractivity contribution < 1.29 is 9.59 Å². The number of nitrogens with one attached hydrogen (secondary N) is 2. The Morgan fingerprint density at radius 2 is 1.76 bits per heavy atom. The van der Waals surface area contributed by atoms with E-state index in [2.05, 4.69) is 10.6 Å². The Kier molecular flexibility index (Phi) is 7.87. The maximum Gasteiger partial charge on any atom is 0.237 e. The van der Waals surface area contributed by atoms with E-state index in [4.69, 9.17) is 23.2 Å². The minimum Gasteiger partial charge on any atom is -0.326 e. The van der Waals surface area contributed by atoms with Gasteiger partial charge < -0.3 is 10.6 Å². The van der Waals surface area contributed by atoms with Gasteiger partial charge in [-0.3, -0.25) is 9.59 Å². The van der Waals surface area contributed by atoms with Crippen LogP contribution in [0.1, 0.15) is 39.0 Å². The third kappa shape index (κ3) is 6.14. The average Bonchev–Trinajstić information content (AvgIpc) is 2.72. The van der Waals surface area contributed by atoms with Gasteiger partial charge in [-0.2, -0.15) is 0 Å². The molecule has 2 aromatic carbocycles. The Hall–Kier alpha value is -1.69. The molecule has 1 unspecified atom stereocenters. The lowest BCUT2D eigenvalue weighted by atomic mass is 9.88. The van der Waals surface area contributed by atoms with E-state index in [1.807, 2.05) is 31.2 Å². The molecule has 0 aromatic heterocycles. The number of hydrogen-bond donors (Lipinski definition) is 2. The van der Waals surface area contributed by atoms with E-state index >= 15 is 0 Å². The summed E-state index contributed by atoms with van der Waals surface area (Å²) in [6.45, 7) is 1.83. The molecule has 4 nitrogen and oxygen atoms in total. The number of carbonyl (C=O) groups is 2. The number of hydrogen-bond acceptors (Lipinski definition) is 3. The summed E-state index contributed by atoms with van der Waals surface area (Å²) in [5.41, 5.74) is 1.25. The predicted octanol–water partition coefficient (Wildman–Crippen LogP) is 6.63. The summed E-state index contributed by atoms with van der Waals surface area (Å²) in [6.07, 6.45) is 5.39.